The Hall–Kier alpha value is -0.780. The van der Waals surface area contributed by atoms with Crippen molar-refractivity contribution in [2.24, 2.45) is 17.8 Å². The second-order valence-corrected chi connectivity index (χ2v) is 4.46. The number of hydrogen-bond donors (Lipinski definition) is 0. The van der Waals surface area contributed by atoms with Crippen LogP contribution in [0.1, 0.15) is 26.7 Å². The minimum atomic E-state index is 0.698. The molecule has 2 unspecified atom stereocenters. The van der Waals surface area contributed by atoms with Gasteiger partial charge in [0.15, 0.2) is 0 Å². The molecule has 0 saturated carbocycles. The lowest BCUT2D eigenvalue weighted by Crippen LogP contribution is -2.20. The van der Waals surface area contributed by atoms with E-state index in [0.717, 1.165) is 11.8 Å². The first-order valence-electron chi connectivity index (χ1n) is 5.32. The van der Waals surface area contributed by atoms with Crippen LogP contribution in [0.4, 0.5) is 0 Å². The van der Waals surface area contributed by atoms with E-state index in [9.17, 15) is 0 Å². The Morgan fingerprint density at radius 2 is 2.00 bits per heavy atom. The number of fused-ring (bicyclic) bond motifs is 1. The molecule has 0 aromatic rings. The van der Waals surface area contributed by atoms with Crippen molar-refractivity contribution in [1.29, 1.82) is 0 Å². The minimum absolute atomic E-state index is 0.698. The third kappa shape index (κ3) is 1.63. The van der Waals surface area contributed by atoms with Crippen LogP contribution in [0, 0.1) is 17.8 Å². The highest BCUT2D eigenvalue weighted by Gasteiger charge is 2.25. The molecule has 0 amide bonds. The maximum atomic E-state index is 2.40. The molecule has 0 aliphatic heterocycles. The Labute approximate surface area is 81.0 Å². The summed E-state index contributed by atoms with van der Waals surface area (Å²) >= 11 is 0. The average molecular weight is 174 g/mol. The van der Waals surface area contributed by atoms with Gasteiger partial charge in [-0.25, -0.2) is 0 Å². The molecule has 2 rings (SSSR count). The fourth-order valence-corrected chi connectivity index (χ4v) is 2.42. The Balaban J connectivity index is 2.27. The van der Waals surface area contributed by atoms with Crippen LogP contribution in [0.15, 0.2) is 36.0 Å². The van der Waals surface area contributed by atoms with Crippen molar-refractivity contribution in [1.82, 2.24) is 0 Å². The maximum absolute atomic E-state index is 2.40. The molecule has 0 bridgehead atoms. The molecule has 70 valence electrons. The van der Waals surface area contributed by atoms with E-state index in [-0.39, 0.29) is 0 Å². The first-order valence-corrected chi connectivity index (χ1v) is 5.32. The van der Waals surface area contributed by atoms with Gasteiger partial charge in [0.05, 0.1) is 0 Å². The van der Waals surface area contributed by atoms with E-state index in [0.29, 0.717) is 5.92 Å². The predicted octanol–water partition coefficient (Wildman–Crippen LogP) is 3.72. The summed E-state index contributed by atoms with van der Waals surface area (Å²) in [4.78, 5) is 0. The Kier molecular flexibility index (Phi) is 2.39. The van der Waals surface area contributed by atoms with Crippen molar-refractivity contribution < 1.29 is 0 Å². The summed E-state index contributed by atoms with van der Waals surface area (Å²) in [6.07, 6.45) is 14.1. The first kappa shape index (κ1) is 8.80. The normalized spacial score (nSPS) is 31.8. The molecule has 0 aromatic heterocycles. The van der Waals surface area contributed by atoms with Gasteiger partial charge in [0, 0.05) is 5.92 Å². The highest BCUT2D eigenvalue weighted by molar-refractivity contribution is 5.29. The molecule has 0 aromatic carbocycles. The molecule has 0 nitrogen and oxygen atoms in total. The summed E-state index contributed by atoms with van der Waals surface area (Å²) in [6, 6.07) is 0. The summed E-state index contributed by atoms with van der Waals surface area (Å²) in [6.45, 7) is 4.63. The van der Waals surface area contributed by atoms with Crippen molar-refractivity contribution >= 4 is 0 Å². The van der Waals surface area contributed by atoms with E-state index in [2.05, 4.69) is 44.2 Å². The predicted molar refractivity (Wildman–Crippen MR) is 57.4 cm³/mol. The summed E-state index contributed by atoms with van der Waals surface area (Å²) in [5.41, 5.74) is 1.67. The second kappa shape index (κ2) is 3.53. The van der Waals surface area contributed by atoms with Crippen LogP contribution >= 0.6 is 0 Å². The van der Waals surface area contributed by atoms with Crippen molar-refractivity contribution in [3.63, 3.8) is 0 Å². The SMILES string of the molecule is CC(C)C1C=CCC2CC=CC=C21. The Morgan fingerprint density at radius 1 is 1.23 bits per heavy atom. The van der Waals surface area contributed by atoms with Gasteiger partial charge in [0.25, 0.3) is 0 Å². The molecular weight excluding hydrogens is 156 g/mol. The lowest BCUT2D eigenvalue weighted by molar-refractivity contribution is 0.439. The molecule has 2 atom stereocenters. The maximum Gasteiger partial charge on any atom is 0.000588 e. The van der Waals surface area contributed by atoms with Gasteiger partial charge in [0.1, 0.15) is 0 Å². The Morgan fingerprint density at radius 3 is 2.77 bits per heavy atom. The smallest absolute Gasteiger partial charge is 0.000588 e. The first-order chi connectivity index (χ1) is 6.29. The fraction of sp³-hybridized carbons (Fsp3) is 0.538. The van der Waals surface area contributed by atoms with Gasteiger partial charge in [-0.15, -0.1) is 0 Å². The molecule has 0 heterocycles. The fourth-order valence-electron chi connectivity index (χ4n) is 2.42. The zero-order valence-corrected chi connectivity index (χ0v) is 8.53. The number of rotatable bonds is 1. The van der Waals surface area contributed by atoms with Crippen LogP contribution in [0.2, 0.25) is 0 Å². The van der Waals surface area contributed by atoms with E-state index >= 15 is 0 Å². The van der Waals surface area contributed by atoms with Crippen LogP contribution < -0.4 is 0 Å². The van der Waals surface area contributed by atoms with Gasteiger partial charge in [-0.1, -0.05) is 49.8 Å². The molecule has 0 heteroatoms. The van der Waals surface area contributed by atoms with Crippen LogP contribution in [0.5, 0.6) is 0 Å². The zero-order valence-electron chi connectivity index (χ0n) is 8.53. The third-order valence-corrected chi connectivity index (χ3v) is 3.18. The molecule has 2 aliphatic carbocycles. The van der Waals surface area contributed by atoms with Gasteiger partial charge >= 0.3 is 0 Å². The van der Waals surface area contributed by atoms with E-state index in [1.165, 1.54) is 12.8 Å². The van der Waals surface area contributed by atoms with Crippen LogP contribution in [-0.4, -0.2) is 0 Å². The van der Waals surface area contributed by atoms with Crippen molar-refractivity contribution in [2.75, 3.05) is 0 Å². The molecule has 0 spiro atoms. The minimum Gasteiger partial charge on any atom is -0.0873 e. The second-order valence-electron chi connectivity index (χ2n) is 4.46. The molecule has 0 saturated heterocycles. The van der Waals surface area contributed by atoms with Gasteiger partial charge in [-0.2, -0.15) is 0 Å². The van der Waals surface area contributed by atoms with Crippen LogP contribution in [0.25, 0.3) is 0 Å². The molecule has 0 N–H and O–H groups in total. The van der Waals surface area contributed by atoms with Crippen LogP contribution in [0.3, 0.4) is 0 Å². The quantitative estimate of drug-likeness (QED) is 0.531. The zero-order chi connectivity index (χ0) is 9.26. The molecule has 13 heavy (non-hydrogen) atoms. The summed E-state index contributed by atoms with van der Waals surface area (Å²) in [7, 11) is 0. The van der Waals surface area contributed by atoms with Gasteiger partial charge in [0.2, 0.25) is 0 Å². The van der Waals surface area contributed by atoms with E-state index in [4.69, 9.17) is 0 Å². The average Bonchev–Trinajstić information content (AvgIpc) is 2.17. The van der Waals surface area contributed by atoms with Crippen molar-refractivity contribution in [2.45, 2.75) is 26.7 Å². The van der Waals surface area contributed by atoms with Gasteiger partial charge in [-0.05, 0) is 24.7 Å². The van der Waals surface area contributed by atoms with Crippen molar-refractivity contribution in [3.8, 4) is 0 Å². The summed E-state index contributed by atoms with van der Waals surface area (Å²) < 4.78 is 0. The lowest BCUT2D eigenvalue weighted by atomic mass is 9.73. The van der Waals surface area contributed by atoms with Crippen molar-refractivity contribution in [3.05, 3.63) is 36.0 Å². The third-order valence-electron chi connectivity index (χ3n) is 3.18. The molecule has 0 radical (unpaired) electrons. The number of allylic oxidation sites excluding steroid dienone is 6. The lowest BCUT2D eigenvalue weighted by Gasteiger charge is -2.32. The molecule has 0 fully saturated rings. The van der Waals surface area contributed by atoms with Crippen LogP contribution in [-0.2, 0) is 0 Å². The highest BCUT2D eigenvalue weighted by atomic mass is 14.3. The van der Waals surface area contributed by atoms with E-state index < -0.39 is 0 Å². The molecular formula is C13H18. The highest BCUT2D eigenvalue weighted by Crippen LogP contribution is 2.37. The van der Waals surface area contributed by atoms with Gasteiger partial charge < -0.3 is 0 Å². The Bertz CT molecular complexity index is 266. The molecule has 2 aliphatic rings. The summed E-state index contributed by atoms with van der Waals surface area (Å²) in [5, 5.41) is 0. The monoisotopic (exact) mass is 174 g/mol. The van der Waals surface area contributed by atoms with E-state index in [1.54, 1.807) is 5.57 Å². The van der Waals surface area contributed by atoms with Gasteiger partial charge in [-0.3, -0.25) is 0 Å². The number of hydrogen-bond acceptors (Lipinski definition) is 0. The largest absolute Gasteiger partial charge is 0.0873 e. The summed E-state index contributed by atoms with van der Waals surface area (Å²) in [5.74, 6) is 2.25. The topological polar surface area (TPSA) is 0 Å². The standard InChI is InChI=1S/C13H18/c1-10(2)12-9-5-7-11-6-3-4-8-13(11)12/h3-5,8-12H,6-7H2,1-2H3. The van der Waals surface area contributed by atoms with E-state index in [1.807, 2.05) is 0 Å².